The number of pyridine rings is 1. The molecule has 17 heavy (non-hydrogen) atoms. The molecular weight excluding hydrogens is 210 g/mol. The van der Waals surface area contributed by atoms with Crippen LogP contribution in [0.2, 0.25) is 0 Å². The Labute approximate surface area is 101 Å². The SMILES string of the molecule is CC(=O)CCc1cccc(-c2cccnc2)c1. The number of carbonyl (C=O) groups excluding carboxylic acids is 1. The van der Waals surface area contributed by atoms with Crippen LogP contribution in [0.15, 0.2) is 48.8 Å². The molecule has 86 valence electrons. The summed E-state index contributed by atoms with van der Waals surface area (Å²) in [6, 6.07) is 12.2. The van der Waals surface area contributed by atoms with Crippen LogP contribution < -0.4 is 0 Å². The molecule has 1 aromatic heterocycles. The first-order valence-electron chi connectivity index (χ1n) is 5.74. The van der Waals surface area contributed by atoms with Crippen LogP contribution in [0.25, 0.3) is 11.1 Å². The Morgan fingerprint density at radius 3 is 2.71 bits per heavy atom. The minimum Gasteiger partial charge on any atom is -0.300 e. The van der Waals surface area contributed by atoms with Gasteiger partial charge >= 0.3 is 0 Å². The monoisotopic (exact) mass is 225 g/mol. The predicted octanol–water partition coefficient (Wildman–Crippen LogP) is 3.27. The van der Waals surface area contributed by atoms with Crippen molar-refractivity contribution in [3.05, 3.63) is 54.4 Å². The second kappa shape index (κ2) is 5.39. The number of hydrogen-bond acceptors (Lipinski definition) is 2. The molecule has 0 saturated carbocycles. The van der Waals surface area contributed by atoms with E-state index in [1.165, 1.54) is 5.56 Å². The highest BCUT2D eigenvalue weighted by molar-refractivity contribution is 5.75. The van der Waals surface area contributed by atoms with Gasteiger partial charge in [-0.3, -0.25) is 4.98 Å². The van der Waals surface area contributed by atoms with Gasteiger partial charge in [0.1, 0.15) is 5.78 Å². The zero-order valence-corrected chi connectivity index (χ0v) is 9.89. The lowest BCUT2D eigenvalue weighted by atomic mass is 10.0. The maximum atomic E-state index is 11.0. The van der Waals surface area contributed by atoms with E-state index in [9.17, 15) is 4.79 Å². The molecule has 0 aliphatic carbocycles. The highest BCUT2D eigenvalue weighted by atomic mass is 16.1. The van der Waals surface area contributed by atoms with E-state index in [1.54, 1.807) is 13.1 Å². The second-order valence-electron chi connectivity index (χ2n) is 4.14. The van der Waals surface area contributed by atoms with Crippen molar-refractivity contribution in [2.45, 2.75) is 19.8 Å². The smallest absolute Gasteiger partial charge is 0.130 e. The van der Waals surface area contributed by atoms with Crippen LogP contribution in [-0.2, 0) is 11.2 Å². The van der Waals surface area contributed by atoms with Crippen LogP contribution in [0, 0.1) is 0 Å². The first kappa shape index (κ1) is 11.5. The van der Waals surface area contributed by atoms with Gasteiger partial charge in [-0.15, -0.1) is 0 Å². The van der Waals surface area contributed by atoms with Crippen LogP contribution in [0.4, 0.5) is 0 Å². The van der Waals surface area contributed by atoms with Crippen molar-refractivity contribution in [2.75, 3.05) is 0 Å². The summed E-state index contributed by atoms with van der Waals surface area (Å²) in [7, 11) is 0. The summed E-state index contributed by atoms with van der Waals surface area (Å²) in [6.45, 7) is 1.63. The molecule has 0 atom stereocenters. The molecule has 0 spiro atoms. The molecule has 1 heterocycles. The minimum atomic E-state index is 0.233. The highest BCUT2D eigenvalue weighted by Crippen LogP contribution is 2.19. The van der Waals surface area contributed by atoms with Gasteiger partial charge in [-0.2, -0.15) is 0 Å². The standard InChI is InChI=1S/C15H15NO/c1-12(17)7-8-13-4-2-5-14(10-13)15-6-3-9-16-11-15/h2-6,9-11H,7-8H2,1H3. The summed E-state index contributed by atoms with van der Waals surface area (Å²) >= 11 is 0. The van der Waals surface area contributed by atoms with Crippen LogP contribution in [0.3, 0.4) is 0 Å². The normalized spacial score (nSPS) is 10.2. The van der Waals surface area contributed by atoms with Gasteiger partial charge in [0, 0.05) is 18.8 Å². The van der Waals surface area contributed by atoms with Gasteiger partial charge in [0.15, 0.2) is 0 Å². The Bertz CT molecular complexity index is 505. The molecule has 0 unspecified atom stereocenters. The highest BCUT2D eigenvalue weighted by Gasteiger charge is 2.00. The Morgan fingerprint density at radius 1 is 1.18 bits per heavy atom. The van der Waals surface area contributed by atoms with Gasteiger partial charge in [0.25, 0.3) is 0 Å². The lowest BCUT2D eigenvalue weighted by molar-refractivity contribution is -0.116. The summed E-state index contributed by atoms with van der Waals surface area (Å²) in [4.78, 5) is 15.1. The number of Topliss-reactive ketones (excluding diaryl/α,β-unsaturated/α-hetero) is 1. The topological polar surface area (TPSA) is 30.0 Å². The molecule has 0 amide bonds. The molecule has 0 bridgehead atoms. The van der Waals surface area contributed by atoms with Gasteiger partial charge in [-0.25, -0.2) is 0 Å². The van der Waals surface area contributed by atoms with E-state index in [1.807, 2.05) is 24.4 Å². The van der Waals surface area contributed by atoms with Crippen LogP contribution in [0.5, 0.6) is 0 Å². The van der Waals surface area contributed by atoms with Gasteiger partial charge < -0.3 is 4.79 Å². The Morgan fingerprint density at radius 2 is 2.00 bits per heavy atom. The van der Waals surface area contributed by atoms with Crippen molar-refractivity contribution in [1.29, 1.82) is 0 Å². The van der Waals surface area contributed by atoms with E-state index in [0.717, 1.165) is 17.5 Å². The largest absolute Gasteiger partial charge is 0.300 e. The Balaban J connectivity index is 2.20. The number of nitrogens with zero attached hydrogens (tertiary/aromatic N) is 1. The number of aryl methyl sites for hydroxylation is 1. The second-order valence-corrected chi connectivity index (χ2v) is 4.14. The van der Waals surface area contributed by atoms with E-state index in [2.05, 4.69) is 23.2 Å². The van der Waals surface area contributed by atoms with Crippen LogP contribution in [0.1, 0.15) is 18.9 Å². The number of benzene rings is 1. The van der Waals surface area contributed by atoms with Gasteiger partial charge in [0.2, 0.25) is 0 Å². The number of aromatic nitrogens is 1. The summed E-state index contributed by atoms with van der Waals surface area (Å²) in [6.07, 6.45) is 5.03. The molecule has 2 aromatic rings. The van der Waals surface area contributed by atoms with Crippen LogP contribution in [-0.4, -0.2) is 10.8 Å². The zero-order valence-electron chi connectivity index (χ0n) is 9.89. The predicted molar refractivity (Wildman–Crippen MR) is 68.7 cm³/mol. The third-order valence-corrected chi connectivity index (χ3v) is 2.69. The fourth-order valence-corrected chi connectivity index (χ4v) is 1.76. The van der Waals surface area contributed by atoms with Gasteiger partial charge in [-0.1, -0.05) is 30.3 Å². The summed E-state index contributed by atoms with van der Waals surface area (Å²) in [5.41, 5.74) is 3.46. The molecule has 0 radical (unpaired) electrons. The lowest BCUT2D eigenvalue weighted by Gasteiger charge is -2.04. The molecule has 1 aromatic carbocycles. The third-order valence-electron chi connectivity index (χ3n) is 2.69. The molecule has 0 saturated heterocycles. The first-order chi connectivity index (χ1) is 8.25. The molecule has 0 aliphatic heterocycles. The van der Waals surface area contributed by atoms with E-state index in [-0.39, 0.29) is 5.78 Å². The summed E-state index contributed by atoms with van der Waals surface area (Å²) in [5.74, 6) is 0.233. The van der Waals surface area contributed by atoms with E-state index in [0.29, 0.717) is 6.42 Å². The van der Waals surface area contributed by atoms with E-state index < -0.39 is 0 Å². The summed E-state index contributed by atoms with van der Waals surface area (Å²) in [5, 5.41) is 0. The zero-order chi connectivity index (χ0) is 12.1. The number of hydrogen-bond donors (Lipinski definition) is 0. The van der Waals surface area contributed by atoms with Crippen molar-refractivity contribution in [1.82, 2.24) is 4.98 Å². The number of carbonyl (C=O) groups is 1. The van der Waals surface area contributed by atoms with Crippen molar-refractivity contribution in [3.63, 3.8) is 0 Å². The fourth-order valence-electron chi connectivity index (χ4n) is 1.76. The molecule has 2 heteroatoms. The average Bonchev–Trinajstić information content (AvgIpc) is 2.38. The van der Waals surface area contributed by atoms with Gasteiger partial charge in [0.05, 0.1) is 0 Å². The average molecular weight is 225 g/mol. The van der Waals surface area contributed by atoms with Crippen LogP contribution >= 0.6 is 0 Å². The molecule has 0 fully saturated rings. The van der Waals surface area contributed by atoms with Crippen molar-refractivity contribution < 1.29 is 4.79 Å². The molecule has 0 N–H and O–H groups in total. The van der Waals surface area contributed by atoms with E-state index in [4.69, 9.17) is 0 Å². The molecular formula is C15H15NO. The quantitative estimate of drug-likeness (QED) is 0.799. The van der Waals surface area contributed by atoms with Crippen molar-refractivity contribution >= 4 is 5.78 Å². The number of rotatable bonds is 4. The maximum absolute atomic E-state index is 11.0. The summed E-state index contributed by atoms with van der Waals surface area (Å²) < 4.78 is 0. The fraction of sp³-hybridized carbons (Fsp3) is 0.200. The lowest BCUT2D eigenvalue weighted by Crippen LogP contribution is -1.94. The molecule has 0 aliphatic rings. The Hall–Kier alpha value is -1.96. The molecule has 2 rings (SSSR count). The van der Waals surface area contributed by atoms with Crippen molar-refractivity contribution in [2.24, 2.45) is 0 Å². The maximum Gasteiger partial charge on any atom is 0.130 e. The first-order valence-corrected chi connectivity index (χ1v) is 5.74. The number of ketones is 1. The molecule has 2 nitrogen and oxygen atoms in total. The van der Waals surface area contributed by atoms with Gasteiger partial charge in [-0.05, 0) is 36.1 Å². The minimum absolute atomic E-state index is 0.233. The van der Waals surface area contributed by atoms with E-state index >= 15 is 0 Å². The Kier molecular flexibility index (Phi) is 3.66. The third kappa shape index (κ3) is 3.25. The van der Waals surface area contributed by atoms with Crippen molar-refractivity contribution in [3.8, 4) is 11.1 Å².